The molecule has 5 heteroatoms. The number of hydrogen-bond acceptors (Lipinski definition) is 3. The first-order chi connectivity index (χ1) is 10.3. The summed E-state index contributed by atoms with van der Waals surface area (Å²) in [4.78, 5) is 17.0. The van der Waals surface area contributed by atoms with Crippen LogP contribution in [0.5, 0.6) is 0 Å². The molecule has 0 aromatic carbocycles. The number of hydrogen-bond donors (Lipinski definition) is 1. The Morgan fingerprint density at radius 2 is 2.09 bits per heavy atom. The summed E-state index contributed by atoms with van der Waals surface area (Å²) in [6.07, 6.45) is 2.11. The van der Waals surface area contributed by atoms with Crippen molar-refractivity contribution in [3.8, 4) is 0 Å². The van der Waals surface area contributed by atoms with E-state index in [1.165, 1.54) is 0 Å². The molecule has 5 nitrogen and oxygen atoms in total. The van der Waals surface area contributed by atoms with Crippen LogP contribution in [-0.2, 0) is 10.2 Å². The fourth-order valence-electron chi connectivity index (χ4n) is 2.28. The van der Waals surface area contributed by atoms with Crippen molar-refractivity contribution in [1.82, 2.24) is 14.7 Å². The van der Waals surface area contributed by atoms with Gasteiger partial charge in [-0.05, 0) is 26.0 Å². The molecule has 0 saturated carbocycles. The predicted octanol–water partition coefficient (Wildman–Crippen LogP) is 2.79. The van der Waals surface area contributed by atoms with Gasteiger partial charge in [0.2, 0.25) is 0 Å². The Morgan fingerprint density at radius 1 is 1.36 bits per heavy atom. The Balaban J connectivity index is 2.22. The van der Waals surface area contributed by atoms with E-state index >= 15 is 0 Å². The lowest BCUT2D eigenvalue weighted by atomic mass is 9.96. The quantitative estimate of drug-likeness (QED) is 0.864. The van der Waals surface area contributed by atoms with Crippen LogP contribution in [0.3, 0.4) is 0 Å². The van der Waals surface area contributed by atoms with E-state index in [0.717, 1.165) is 11.3 Å². The second kappa shape index (κ2) is 6.48. The lowest BCUT2D eigenvalue weighted by Gasteiger charge is -2.16. The van der Waals surface area contributed by atoms with Gasteiger partial charge in [0.25, 0.3) is 5.91 Å². The maximum absolute atomic E-state index is 12.4. The summed E-state index contributed by atoms with van der Waals surface area (Å²) in [5.74, 6) is 0.721. The van der Waals surface area contributed by atoms with Crippen LogP contribution in [0.25, 0.3) is 5.52 Å². The van der Waals surface area contributed by atoms with Gasteiger partial charge in [0.1, 0.15) is 5.82 Å². The van der Waals surface area contributed by atoms with Crippen molar-refractivity contribution in [3.05, 3.63) is 35.9 Å². The molecule has 0 unspecified atom stereocenters. The van der Waals surface area contributed by atoms with Gasteiger partial charge in [-0.3, -0.25) is 4.79 Å². The lowest BCUT2D eigenvalue weighted by molar-refractivity contribution is 0.0745. The van der Waals surface area contributed by atoms with E-state index in [1.807, 2.05) is 42.6 Å². The lowest BCUT2D eigenvalue weighted by Crippen LogP contribution is -2.28. The van der Waals surface area contributed by atoms with Gasteiger partial charge >= 0.3 is 0 Å². The number of carbonyl (C=O) groups is 1. The van der Waals surface area contributed by atoms with Crippen molar-refractivity contribution in [2.45, 2.75) is 46.1 Å². The summed E-state index contributed by atoms with van der Waals surface area (Å²) in [7, 11) is 0. The molecule has 0 spiro atoms. The van der Waals surface area contributed by atoms with E-state index < -0.39 is 0 Å². The Hall–Kier alpha value is -1.88. The summed E-state index contributed by atoms with van der Waals surface area (Å²) in [5, 5.41) is 2.87. The highest BCUT2D eigenvalue weighted by molar-refractivity contribution is 5.99. The van der Waals surface area contributed by atoms with E-state index in [1.54, 1.807) is 0 Å². The summed E-state index contributed by atoms with van der Waals surface area (Å²) >= 11 is 0. The fraction of sp³-hybridized carbons (Fsp3) is 0.529. The molecular formula is C17H25N3O2. The highest BCUT2D eigenvalue weighted by atomic mass is 16.5. The van der Waals surface area contributed by atoms with Crippen molar-refractivity contribution in [3.63, 3.8) is 0 Å². The molecule has 2 heterocycles. The minimum atomic E-state index is -0.161. The second-order valence-electron chi connectivity index (χ2n) is 6.67. The number of nitrogens with one attached hydrogen (secondary N) is 1. The predicted molar refractivity (Wildman–Crippen MR) is 87.3 cm³/mol. The van der Waals surface area contributed by atoms with Crippen LogP contribution in [0.4, 0.5) is 0 Å². The molecule has 0 saturated heterocycles. The van der Waals surface area contributed by atoms with E-state index in [-0.39, 0.29) is 17.4 Å². The normalized spacial score (nSPS) is 12.1. The van der Waals surface area contributed by atoms with Crippen molar-refractivity contribution < 1.29 is 9.53 Å². The van der Waals surface area contributed by atoms with Gasteiger partial charge in [0, 0.05) is 18.2 Å². The summed E-state index contributed by atoms with van der Waals surface area (Å²) in [6, 6.07) is 5.78. The van der Waals surface area contributed by atoms with Gasteiger partial charge < -0.3 is 14.5 Å². The molecule has 0 radical (unpaired) electrons. The molecule has 22 heavy (non-hydrogen) atoms. The highest BCUT2D eigenvalue weighted by Crippen LogP contribution is 2.24. The van der Waals surface area contributed by atoms with Crippen LogP contribution in [0.15, 0.2) is 24.4 Å². The van der Waals surface area contributed by atoms with Gasteiger partial charge in [-0.15, -0.1) is 0 Å². The monoisotopic (exact) mass is 303 g/mol. The molecule has 2 aromatic rings. The average Bonchev–Trinajstić information content (AvgIpc) is 2.83. The zero-order valence-corrected chi connectivity index (χ0v) is 14.0. The van der Waals surface area contributed by atoms with Crippen molar-refractivity contribution in [2.24, 2.45) is 0 Å². The maximum atomic E-state index is 12.4. The SMILES string of the molecule is CC(C)OCCNC(=O)c1nc(C(C)(C)C)n2ccccc12. The first-order valence-corrected chi connectivity index (χ1v) is 7.68. The van der Waals surface area contributed by atoms with Gasteiger partial charge in [-0.1, -0.05) is 26.8 Å². The zero-order valence-electron chi connectivity index (χ0n) is 14.0. The van der Waals surface area contributed by atoms with Crippen LogP contribution >= 0.6 is 0 Å². The van der Waals surface area contributed by atoms with Crippen LogP contribution < -0.4 is 5.32 Å². The van der Waals surface area contributed by atoms with Crippen LogP contribution in [-0.4, -0.2) is 34.5 Å². The van der Waals surface area contributed by atoms with Gasteiger partial charge in [-0.25, -0.2) is 4.98 Å². The third-order valence-corrected chi connectivity index (χ3v) is 3.27. The molecule has 0 fully saturated rings. The molecule has 2 rings (SSSR count). The second-order valence-corrected chi connectivity index (χ2v) is 6.67. The Bertz CT molecular complexity index is 653. The number of carbonyl (C=O) groups excluding carboxylic acids is 1. The minimum absolute atomic E-state index is 0.135. The standard InChI is InChI=1S/C17H25N3O2/c1-12(2)22-11-9-18-15(21)14-13-8-6-7-10-20(13)16(19-14)17(3,4)5/h6-8,10,12H,9,11H2,1-5H3,(H,18,21). The van der Waals surface area contributed by atoms with Crippen LogP contribution in [0, 0.1) is 0 Å². The average molecular weight is 303 g/mol. The molecule has 1 amide bonds. The summed E-state index contributed by atoms with van der Waals surface area (Å²) < 4.78 is 7.42. The number of fused-ring (bicyclic) bond motifs is 1. The Morgan fingerprint density at radius 3 is 2.73 bits per heavy atom. The number of imidazole rings is 1. The molecule has 1 N–H and O–H groups in total. The zero-order chi connectivity index (χ0) is 16.3. The molecule has 0 bridgehead atoms. The highest BCUT2D eigenvalue weighted by Gasteiger charge is 2.24. The van der Waals surface area contributed by atoms with E-state index in [9.17, 15) is 4.79 Å². The Labute approximate surface area is 131 Å². The van der Waals surface area contributed by atoms with Gasteiger partial charge in [-0.2, -0.15) is 0 Å². The van der Waals surface area contributed by atoms with Crippen molar-refractivity contribution >= 4 is 11.4 Å². The minimum Gasteiger partial charge on any atom is -0.377 e. The van der Waals surface area contributed by atoms with Gasteiger partial charge in [0.05, 0.1) is 18.2 Å². The largest absolute Gasteiger partial charge is 0.377 e. The fourth-order valence-corrected chi connectivity index (χ4v) is 2.28. The molecule has 120 valence electrons. The van der Waals surface area contributed by atoms with Crippen molar-refractivity contribution in [1.29, 1.82) is 0 Å². The number of pyridine rings is 1. The molecule has 2 aromatic heterocycles. The van der Waals surface area contributed by atoms with Crippen molar-refractivity contribution in [2.75, 3.05) is 13.2 Å². The van der Waals surface area contributed by atoms with E-state index in [2.05, 4.69) is 31.1 Å². The smallest absolute Gasteiger partial charge is 0.272 e. The molecular weight excluding hydrogens is 278 g/mol. The van der Waals surface area contributed by atoms with E-state index in [0.29, 0.717) is 18.8 Å². The molecule has 0 aliphatic heterocycles. The number of rotatable bonds is 5. The number of ether oxygens (including phenoxy) is 1. The number of aromatic nitrogens is 2. The summed E-state index contributed by atoms with van der Waals surface area (Å²) in [5.41, 5.74) is 1.16. The third kappa shape index (κ3) is 3.65. The topological polar surface area (TPSA) is 55.6 Å². The van der Waals surface area contributed by atoms with Crippen LogP contribution in [0.2, 0.25) is 0 Å². The van der Waals surface area contributed by atoms with Gasteiger partial charge in [0.15, 0.2) is 5.69 Å². The molecule has 0 atom stereocenters. The molecule has 0 aliphatic carbocycles. The van der Waals surface area contributed by atoms with E-state index in [4.69, 9.17) is 4.74 Å². The number of nitrogens with zero attached hydrogens (tertiary/aromatic N) is 2. The number of amides is 1. The maximum Gasteiger partial charge on any atom is 0.272 e. The Kier molecular flexibility index (Phi) is 4.86. The third-order valence-electron chi connectivity index (χ3n) is 3.27. The first kappa shape index (κ1) is 16.5. The van der Waals surface area contributed by atoms with Crippen LogP contribution in [0.1, 0.15) is 50.9 Å². The first-order valence-electron chi connectivity index (χ1n) is 7.68. The molecule has 0 aliphatic rings. The summed E-state index contributed by atoms with van der Waals surface area (Å²) in [6.45, 7) is 11.2.